The molecule has 2 rings (SSSR count). The summed E-state index contributed by atoms with van der Waals surface area (Å²) in [5.41, 5.74) is 1.75. The van der Waals surface area contributed by atoms with Crippen LogP contribution in [0.25, 0.3) is 0 Å². The third kappa shape index (κ3) is 4.66. The van der Waals surface area contributed by atoms with E-state index in [-0.39, 0.29) is 12.5 Å². The molecule has 0 unspecified atom stereocenters. The first-order valence-corrected chi connectivity index (χ1v) is 7.30. The van der Waals surface area contributed by atoms with Crippen molar-refractivity contribution >= 4 is 34.8 Å². The summed E-state index contributed by atoms with van der Waals surface area (Å²) in [5, 5.41) is 3.54. The zero-order valence-electron chi connectivity index (χ0n) is 11.5. The van der Waals surface area contributed by atoms with Crippen molar-refractivity contribution in [2.45, 2.75) is 13.3 Å². The number of amides is 1. The molecule has 0 aromatic heterocycles. The lowest BCUT2D eigenvalue weighted by molar-refractivity contribution is -0.118. The van der Waals surface area contributed by atoms with Gasteiger partial charge in [-0.25, -0.2) is 0 Å². The van der Waals surface area contributed by atoms with Crippen molar-refractivity contribution < 1.29 is 9.53 Å². The van der Waals surface area contributed by atoms with Crippen LogP contribution in [-0.4, -0.2) is 12.5 Å². The highest BCUT2D eigenvalue weighted by atomic mass is 35.5. The monoisotopic (exact) mass is 323 g/mol. The molecule has 0 aliphatic heterocycles. The van der Waals surface area contributed by atoms with E-state index in [4.69, 9.17) is 27.9 Å². The lowest BCUT2D eigenvalue weighted by Crippen LogP contribution is -2.20. The number of rotatable bonds is 5. The van der Waals surface area contributed by atoms with Crippen LogP contribution >= 0.6 is 23.2 Å². The van der Waals surface area contributed by atoms with Crippen molar-refractivity contribution in [1.29, 1.82) is 0 Å². The van der Waals surface area contributed by atoms with Crippen LogP contribution in [-0.2, 0) is 11.2 Å². The minimum absolute atomic E-state index is 0.0621. The molecule has 110 valence electrons. The number of nitrogens with one attached hydrogen (secondary N) is 1. The maximum Gasteiger partial charge on any atom is 0.262 e. The summed E-state index contributed by atoms with van der Waals surface area (Å²) in [6.07, 6.45) is 0.923. The first-order chi connectivity index (χ1) is 10.1. The van der Waals surface area contributed by atoms with Gasteiger partial charge in [0.25, 0.3) is 5.91 Å². The van der Waals surface area contributed by atoms with Gasteiger partial charge in [-0.2, -0.15) is 0 Å². The Morgan fingerprint density at radius 3 is 2.67 bits per heavy atom. The summed E-state index contributed by atoms with van der Waals surface area (Å²) in [6.45, 7) is 2.00. The number of aryl methyl sites for hydroxylation is 1. The summed E-state index contributed by atoms with van der Waals surface area (Å²) in [5.74, 6) is 0.425. The van der Waals surface area contributed by atoms with E-state index in [1.165, 1.54) is 0 Å². The third-order valence-electron chi connectivity index (χ3n) is 2.88. The van der Waals surface area contributed by atoms with E-state index >= 15 is 0 Å². The quantitative estimate of drug-likeness (QED) is 0.875. The smallest absolute Gasteiger partial charge is 0.262 e. The van der Waals surface area contributed by atoms with Crippen LogP contribution in [0.3, 0.4) is 0 Å². The Morgan fingerprint density at radius 2 is 1.95 bits per heavy atom. The summed E-state index contributed by atoms with van der Waals surface area (Å²) in [4.78, 5) is 11.8. The number of ether oxygens (including phenoxy) is 1. The number of hydrogen-bond acceptors (Lipinski definition) is 2. The molecule has 0 aliphatic carbocycles. The minimum Gasteiger partial charge on any atom is -0.484 e. The largest absolute Gasteiger partial charge is 0.484 e. The van der Waals surface area contributed by atoms with Crippen LogP contribution in [0.5, 0.6) is 5.75 Å². The average Bonchev–Trinajstić information content (AvgIpc) is 2.49. The normalized spacial score (nSPS) is 10.2. The van der Waals surface area contributed by atoms with Gasteiger partial charge in [-0.3, -0.25) is 4.79 Å². The molecule has 0 spiro atoms. The second-order valence-corrected chi connectivity index (χ2v) is 5.28. The van der Waals surface area contributed by atoms with Gasteiger partial charge in [-0.1, -0.05) is 42.3 Å². The molecule has 0 atom stereocenters. The van der Waals surface area contributed by atoms with E-state index in [2.05, 4.69) is 12.2 Å². The van der Waals surface area contributed by atoms with Gasteiger partial charge in [-0.05, 0) is 42.3 Å². The third-order valence-corrected chi connectivity index (χ3v) is 3.62. The van der Waals surface area contributed by atoms with Crippen molar-refractivity contribution in [3.05, 3.63) is 58.1 Å². The molecule has 0 saturated carbocycles. The van der Waals surface area contributed by atoms with E-state index < -0.39 is 0 Å². The van der Waals surface area contributed by atoms with Crippen molar-refractivity contribution in [3.8, 4) is 5.75 Å². The van der Waals surface area contributed by atoms with Gasteiger partial charge in [0.15, 0.2) is 6.61 Å². The highest BCUT2D eigenvalue weighted by Gasteiger charge is 2.06. The van der Waals surface area contributed by atoms with E-state index in [0.29, 0.717) is 21.5 Å². The van der Waals surface area contributed by atoms with Crippen LogP contribution in [0.15, 0.2) is 42.5 Å². The van der Waals surface area contributed by atoms with Gasteiger partial charge >= 0.3 is 0 Å². The molecule has 3 nitrogen and oxygen atoms in total. The lowest BCUT2D eigenvalue weighted by atomic mass is 10.2. The van der Waals surface area contributed by atoms with Crippen molar-refractivity contribution in [3.63, 3.8) is 0 Å². The van der Waals surface area contributed by atoms with Gasteiger partial charge < -0.3 is 10.1 Å². The number of anilines is 1. The fourth-order valence-corrected chi connectivity index (χ4v) is 2.07. The zero-order valence-corrected chi connectivity index (χ0v) is 13.0. The van der Waals surface area contributed by atoms with Crippen LogP contribution in [0, 0.1) is 0 Å². The van der Waals surface area contributed by atoms with Crippen LogP contribution in [0.2, 0.25) is 10.0 Å². The van der Waals surface area contributed by atoms with Crippen LogP contribution in [0.4, 0.5) is 5.69 Å². The molecular weight excluding hydrogens is 309 g/mol. The molecule has 2 aromatic carbocycles. The van der Waals surface area contributed by atoms with Gasteiger partial charge in [0.2, 0.25) is 0 Å². The maximum absolute atomic E-state index is 11.8. The Kier molecular flexibility index (Phi) is 5.48. The first-order valence-electron chi connectivity index (χ1n) is 6.55. The molecular formula is C16H15Cl2NO2. The van der Waals surface area contributed by atoms with E-state index in [0.717, 1.165) is 12.0 Å². The van der Waals surface area contributed by atoms with Gasteiger partial charge in [-0.15, -0.1) is 0 Å². The highest BCUT2D eigenvalue weighted by Crippen LogP contribution is 2.25. The second-order valence-electron chi connectivity index (χ2n) is 4.47. The Hall–Kier alpha value is -1.71. The molecule has 0 radical (unpaired) electrons. The minimum atomic E-state index is -0.254. The summed E-state index contributed by atoms with van der Waals surface area (Å²) in [7, 11) is 0. The molecule has 0 bridgehead atoms. The zero-order chi connectivity index (χ0) is 15.2. The molecule has 0 aliphatic rings. The molecule has 21 heavy (non-hydrogen) atoms. The van der Waals surface area contributed by atoms with Gasteiger partial charge in [0, 0.05) is 5.69 Å². The molecule has 2 aromatic rings. The van der Waals surface area contributed by atoms with Gasteiger partial charge in [0.1, 0.15) is 5.75 Å². The van der Waals surface area contributed by atoms with E-state index in [1.54, 1.807) is 18.2 Å². The predicted molar refractivity (Wildman–Crippen MR) is 86.4 cm³/mol. The fraction of sp³-hybridized carbons (Fsp3) is 0.188. The van der Waals surface area contributed by atoms with Gasteiger partial charge in [0.05, 0.1) is 10.0 Å². The lowest BCUT2D eigenvalue weighted by Gasteiger charge is -2.09. The fourth-order valence-electron chi connectivity index (χ4n) is 1.78. The molecule has 0 saturated heterocycles. The van der Waals surface area contributed by atoms with Crippen molar-refractivity contribution in [1.82, 2.24) is 0 Å². The Labute approximate surface area is 133 Å². The first kappa shape index (κ1) is 15.7. The Balaban J connectivity index is 1.91. The second kappa shape index (κ2) is 7.34. The average molecular weight is 324 g/mol. The highest BCUT2D eigenvalue weighted by molar-refractivity contribution is 6.42. The number of carbonyl (C=O) groups is 1. The Morgan fingerprint density at radius 1 is 1.14 bits per heavy atom. The SMILES string of the molecule is CCc1cccc(OCC(=O)Nc2ccc(Cl)c(Cl)c2)c1. The maximum atomic E-state index is 11.8. The molecule has 0 fully saturated rings. The number of benzene rings is 2. The summed E-state index contributed by atoms with van der Waals surface area (Å²) in [6, 6.07) is 12.6. The summed E-state index contributed by atoms with van der Waals surface area (Å²) < 4.78 is 5.47. The van der Waals surface area contributed by atoms with Crippen molar-refractivity contribution in [2.75, 3.05) is 11.9 Å². The standard InChI is InChI=1S/C16H15Cl2NO2/c1-2-11-4-3-5-13(8-11)21-10-16(20)19-12-6-7-14(17)15(18)9-12/h3-9H,2,10H2,1H3,(H,19,20). The van der Waals surface area contributed by atoms with Crippen molar-refractivity contribution in [2.24, 2.45) is 0 Å². The molecule has 0 heterocycles. The molecule has 1 N–H and O–H groups in total. The molecule has 5 heteroatoms. The van der Waals surface area contributed by atoms with E-state index in [1.807, 2.05) is 24.3 Å². The topological polar surface area (TPSA) is 38.3 Å². The Bertz CT molecular complexity index is 644. The summed E-state index contributed by atoms with van der Waals surface area (Å²) >= 11 is 11.7. The van der Waals surface area contributed by atoms with Crippen LogP contribution < -0.4 is 10.1 Å². The number of carbonyl (C=O) groups excluding carboxylic acids is 1. The predicted octanol–water partition coefficient (Wildman–Crippen LogP) is 4.57. The molecule has 1 amide bonds. The van der Waals surface area contributed by atoms with Crippen LogP contribution in [0.1, 0.15) is 12.5 Å². The number of hydrogen-bond donors (Lipinski definition) is 1. The number of halogens is 2. The van der Waals surface area contributed by atoms with E-state index in [9.17, 15) is 4.79 Å².